The molecule has 1 aromatic carbocycles. The van der Waals surface area contributed by atoms with Crippen molar-refractivity contribution in [1.82, 2.24) is 15.5 Å². The lowest BCUT2D eigenvalue weighted by atomic mass is 9.95. The van der Waals surface area contributed by atoms with Gasteiger partial charge in [0.25, 0.3) is 0 Å². The first-order valence-corrected chi connectivity index (χ1v) is 9.01. The van der Waals surface area contributed by atoms with E-state index in [9.17, 15) is 4.79 Å². The van der Waals surface area contributed by atoms with Crippen molar-refractivity contribution in [3.05, 3.63) is 40.4 Å². The fourth-order valence-corrected chi connectivity index (χ4v) is 3.55. The van der Waals surface area contributed by atoms with Crippen LogP contribution in [0.5, 0.6) is 0 Å². The number of carbonyl (C=O) groups excluding carboxylic acids is 1. The first-order valence-electron chi connectivity index (χ1n) is 8.19. The van der Waals surface area contributed by atoms with Gasteiger partial charge in [0, 0.05) is 13.0 Å². The van der Waals surface area contributed by atoms with E-state index in [0.29, 0.717) is 11.6 Å². The van der Waals surface area contributed by atoms with Crippen LogP contribution in [0.4, 0.5) is 5.13 Å². The molecule has 0 saturated heterocycles. The van der Waals surface area contributed by atoms with Crippen molar-refractivity contribution < 1.29 is 4.79 Å². The van der Waals surface area contributed by atoms with Crippen molar-refractivity contribution in [2.24, 2.45) is 0 Å². The number of fused-ring (bicyclic) bond motifs is 1. The number of hydrogen-bond donors (Lipinski definition) is 2. The molecule has 0 saturated carbocycles. The molecule has 130 valence electrons. The van der Waals surface area contributed by atoms with Crippen molar-refractivity contribution >= 4 is 34.8 Å². The van der Waals surface area contributed by atoms with Gasteiger partial charge < -0.3 is 5.32 Å². The fourth-order valence-electron chi connectivity index (χ4n) is 2.76. The zero-order valence-electron chi connectivity index (χ0n) is 13.7. The van der Waals surface area contributed by atoms with Crippen LogP contribution in [0.25, 0.3) is 0 Å². The summed E-state index contributed by atoms with van der Waals surface area (Å²) < 4.78 is 0. The number of nitrogens with zero attached hydrogens (tertiary/aromatic N) is 2. The molecule has 1 atom stereocenters. The topological polar surface area (TPSA) is 66.9 Å². The van der Waals surface area contributed by atoms with Crippen LogP contribution in [0.1, 0.15) is 42.3 Å². The van der Waals surface area contributed by atoms with Crippen LogP contribution < -0.4 is 10.6 Å². The third kappa shape index (κ3) is 4.75. The van der Waals surface area contributed by atoms with E-state index in [1.165, 1.54) is 35.3 Å². The van der Waals surface area contributed by atoms with E-state index in [2.05, 4.69) is 39.9 Å². The van der Waals surface area contributed by atoms with Gasteiger partial charge >= 0.3 is 0 Å². The molecular formula is C17H23ClN4OS. The molecule has 7 heteroatoms. The summed E-state index contributed by atoms with van der Waals surface area (Å²) in [5.41, 5.74) is 2.51. The second kappa shape index (κ2) is 9.11. The van der Waals surface area contributed by atoms with Crippen molar-refractivity contribution in [3.63, 3.8) is 0 Å². The predicted octanol–water partition coefficient (Wildman–Crippen LogP) is 3.35. The van der Waals surface area contributed by atoms with Gasteiger partial charge in [-0.2, -0.15) is 0 Å². The monoisotopic (exact) mass is 366 g/mol. The fraction of sp³-hybridized carbons (Fsp3) is 0.471. The molecule has 1 aromatic heterocycles. The van der Waals surface area contributed by atoms with Gasteiger partial charge in [0.05, 0.1) is 6.04 Å². The van der Waals surface area contributed by atoms with E-state index < -0.39 is 0 Å². The molecule has 2 heterocycles. The molecule has 0 bridgehead atoms. The van der Waals surface area contributed by atoms with E-state index in [4.69, 9.17) is 0 Å². The molecule has 0 aliphatic carbocycles. The van der Waals surface area contributed by atoms with Crippen molar-refractivity contribution in [2.45, 2.75) is 51.6 Å². The smallest absolute Gasteiger partial charge is 0.243 e. The Morgan fingerprint density at radius 1 is 1.29 bits per heavy atom. The Bertz CT molecular complexity index is 676. The molecule has 0 spiro atoms. The number of halogens is 1. The molecule has 3 rings (SSSR count). The average molecular weight is 367 g/mol. The number of anilines is 1. The average Bonchev–Trinajstić information content (AvgIpc) is 3.02. The number of aryl methyl sites for hydroxylation is 1. The van der Waals surface area contributed by atoms with Gasteiger partial charge in [0.2, 0.25) is 11.0 Å². The summed E-state index contributed by atoms with van der Waals surface area (Å²) >= 11 is 1.48. The first kappa shape index (κ1) is 18.8. The highest BCUT2D eigenvalue weighted by molar-refractivity contribution is 7.15. The van der Waals surface area contributed by atoms with Crippen LogP contribution in [0, 0.1) is 0 Å². The maximum atomic E-state index is 12.4. The molecule has 0 radical (unpaired) electrons. The largest absolute Gasteiger partial charge is 0.301 e. The lowest BCUT2D eigenvalue weighted by molar-refractivity contribution is -0.118. The van der Waals surface area contributed by atoms with Crippen molar-refractivity contribution in [1.29, 1.82) is 0 Å². The second-order valence-electron chi connectivity index (χ2n) is 5.85. The molecule has 0 fully saturated rings. The standard InChI is InChI=1S/C17H22N4OS.ClH/c1-2-3-4-9-15-20-21-17(23-15)19-16(22)14-10-12-7-5-6-8-13(12)11-18-14;/h5-8,14,18H,2-4,9-11H2,1H3,(H,19,21,22);1H/t14-;/m1./s1. The predicted molar refractivity (Wildman–Crippen MR) is 99.8 cm³/mol. The Hall–Kier alpha value is -1.50. The van der Waals surface area contributed by atoms with E-state index in [-0.39, 0.29) is 24.4 Å². The van der Waals surface area contributed by atoms with E-state index >= 15 is 0 Å². The third-order valence-corrected chi connectivity index (χ3v) is 4.99. The molecule has 1 amide bonds. The number of unbranched alkanes of at least 4 members (excludes halogenated alkanes) is 2. The molecule has 0 unspecified atom stereocenters. The lowest BCUT2D eigenvalue weighted by Gasteiger charge is -2.24. The number of carbonyl (C=O) groups is 1. The van der Waals surface area contributed by atoms with E-state index in [0.717, 1.165) is 24.4 Å². The van der Waals surface area contributed by atoms with Crippen LogP contribution >= 0.6 is 23.7 Å². The summed E-state index contributed by atoms with van der Waals surface area (Å²) in [4.78, 5) is 12.4. The van der Waals surface area contributed by atoms with Gasteiger partial charge in [-0.25, -0.2) is 0 Å². The Kier molecular flexibility index (Phi) is 7.15. The maximum Gasteiger partial charge on any atom is 0.243 e. The summed E-state index contributed by atoms with van der Waals surface area (Å²) in [6, 6.07) is 8.03. The quantitative estimate of drug-likeness (QED) is 0.769. The number of nitrogens with one attached hydrogen (secondary N) is 2. The Labute approximate surface area is 152 Å². The van der Waals surface area contributed by atoms with Crippen LogP contribution in [-0.4, -0.2) is 22.1 Å². The number of hydrogen-bond acceptors (Lipinski definition) is 5. The lowest BCUT2D eigenvalue weighted by Crippen LogP contribution is -2.44. The van der Waals surface area contributed by atoms with Crippen molar-refractivity contribution in [3.8, 4) is 0 Å². The SMILES string of the molecule is CCCCCc1nnc(NC(=O)[C@H]2Cc3ccccc3CN2)s1.Cl. The highest BCUT2D eigenvalue weighted by Gasteiger charge is 2.24. The highest BCUT2D eigenvalue weighted by atomic mass is 35.5. The van der Waals surface area contributed by atoms with Crippen molar-refractivity contribution in [2.75, 3.05) is 5.32 Å². The van der Waals surface area contributed by atoms with E-state index in [1.54, 1.807) is 0 Å². The van der Waals surface area contributed by atoms with Gasteiger partial charge in [0.1, 0.15) is 5.01 Å². The first-order chi connectivity index (χ1) is 11.3. The van der Waals surface area contributed by atoms with Gasteiger partial charge in [-0.05, 0) is 24.0 Å². The number of amides is 1. The molecular weight excluding hydrogens is 344 g/mol. The normalized spacial score (nSPS) is 16.1. The molecule has 1 aliphatic heterocycles. The van der Waals surface area contributed by atoms with Gasteiger partial charge in [-0.15, -0.1) is 22.6 Å². The number of benzene rings is 1. The Balaban J connectivity index is 0.00000208. The van der Waals surface area contributed by atoms with Gasteiger partial charge in [0.15, 0.2) is 0 Å². The Morgan fingerprint density at radius 3 is 2.88 bits per heavy atom. The summed E-state index contributed by atoms with van der Waals surface area (Å²) in [7, 11) is 0. The minimum absolute atomic E-state index is 0. The summed E-state index contributed by atoms with van der Waals surface area (Å²) in [6.07, 6.45) is 5.17. The third-order valence-electron chi connectivity index (χ3n) is 4.09. The number of aromatic nitrogens is 2. The zero-order chi connectivity index (χ0) is 16.1. The summed E-state index contributed by atoms with van der Waals surface area (Å²) in [6.45, 7) is 2.91. The van der Waals surface area contributed by atoms with Gasteiger partial charge in [-0.3, -0.25) is 10.1 Å². The van der Waals surface area contributed by atoms with Crippen LogP contribution in [0.2, 0.25) is 0 Å². The van der Waals surface area contributed by atoms with Crippen LogP contribution in [-0.2, 0) is 24.2 Å². The van der Waals surface area contributed by atoms with Crippen LogP contribution in [0.3, 0.4) is 0 Å². The molecule has 1 aliphatic rings. The molecule has 24 heavy (non-hydrogen) atoms. The summed E-state index contributed by atoms with van der Waals surface area (Å²) in [5, 5.41) is 16.0. The molecule has 2 N–H and O–H groups in total. The summed E-state index contributed by atoms with van der Waals surface area (Å²) in [5.74, 6) is -0.0317. The minimum Gasteiger partial charge on any atom is -0.301 e. The number of rotatable bonds is 6. The molecule has 2 aromatic rings. The Morgan fingerprint density at radius 2 is 2.08 bits per heavy atom. The second-order valence-corrected chi connectivity index (χ2v) is 6.92. The van der Waals surface area contributed by atoms with Gasteiger partial charge in [-0.1, -0.05) is 55.4 Å². The van der Waals surface area contributed by atoms with Crippen LogP contribution in [0.15, 0.2) is 24.3 Å². The maximum absolute atomic E-state index is 12.4. The molecule has 5 nitrogen and oxygen atoms in total. The highest BCUT2D eigenvalue weighted by Crippen LogP contribution is 2.20. The minimum atomic E-state index is -0.211. The van der Waals surface area contributed by atoms with E-state index in [1.807, 2.05) is 12.1 Å². The zero-order valence-corrected chi connectivity index (χ0v) is 15.4.